The van der Waals surface area contributed by atoms with Crippen molar-refractivity contribution >= 4 is 5.82 Å². The van der Waals surface area contributed by atoms with Crippen molar-refractivity contribution in [2.45, 2.75) is 38.3 Å². The average molecular weight is 252 g/mol. The van der Waals surface area contributed by atoms with Crippen molar-refractivity contribution < 1.29 is 0 Å². The van der Waals surface area contributed by atoms with Gasteiger partial charge in [0.05, 0.1) is 11.7 Å². The van der Waals surface area contributed by atoms with Crippen molar-refractivity contribution in [1.82, 2.24) is 15.0 Å². The number of hydrogen-bond donors (Lipinski definition) is 0. The number of hydrogen-bond acceptors (Lipinski definition) is 4. The van der Waals surface area contributed by atoms with Gasteiger partial charge in [-0.1, -0.05) is 0 Å². The van der Waals surface area contributed by atoms with Crippen LogP contribution in [0.4, 0.5) is 5.82 Å². The Morgan fingerprint density at radius 3 is 3.11 bits per heavy atom. The number of fused-ring (bicyclic) bond motifs is 4. The molecule has 2 unspecified atom stereocenters. The zero-order chi connectivity index (χ0) is 12.8. The Labute approximate surface area is 112 Å². The molecular formula is C15H16N4. The van der Waals surface area contributed by atoms with E-state index in [0.717, 1.165) is 12.2 Å². The molecule has 0 aliphatic carbocycles. The highest BCUT2D eigenvalue weighted by molar-refractivity contribution is 5.50. The van der Waals surface area contributed by atoms with E-state index in [1.165, 1.54) is 29.7 Å². The molecule has 19 heavy (non-hydrogen) atoms. The van der Waals surface area contributed by atoms with Gasteiger partial charge in [0.25, 0.3) is 0 Å². The maximum Gasteiger partial charge on any atom is 0.129 e. The first kappa shape index (κ1) is 10.9. The van der Waals surface area contributed by atoms with Gasteiger partial charge in [-0.25, -0.2) is 15.0 Å². The Morgan fingerprint density at radius 1 is 1.26 bits per heavy atom. The Bertz CT molecular complexity index is 625. The molecule has 0 N–H and O–H groups in total. The molecule has 0 amide bonds. The van der Waals surface area contributed by atoms with E-state index in [-0.39, 0.29) is 0 Å². The molecule has 4 heteroatoms. The molecule has 0 radical (unpaired) electrons. The summed E-state index contributed by atoms with van der Waals surface area (Å²) < 4.78 is 0. The first-order chi connectivity index (χ1) is 9.33. The average Bonchev–Trinajstić information content (AvgIpc) is 2.74. The van der Waals surface area contributed by atoms with Crippen molar-refractivity contribution in [2.75, 3.05) is 4.90 Å². The molecule has 4 rings (SSSR count). The molecule has 2 atom stereocenters. The van der Waals surface area contributed by atoms with Crippen LogP contribution in [0.15, 0.2) is 30.9 Å². The molecule has 4 heterocycles. The van der Waals surface area contributed by atoms with Crippen LogP contribution in [0.3, 0.4) is 0 Å². The summed E-state index contributed by atoms with van der Waals surface area (Å²) >= 11 is 0. The van der Waals surface area contributed by atoms with Crippen molar-refractivity contribution in [1.29, 1.82) is 0 Å². The fourth-order valence-electron chi connectivity index (χ4n) is 3.43. The second kappa shape index (κ2) is 4.02. The molecule has 2 aromatic heterocycles. The van der Waals surface area contributed by atoms with E-state index >= 15 is 0 Å². The first-order valence-electron chi connectivity index (χ1n) is 6.83. The quantitative estimate of drug-likeness (QED) is 0.781. The van der Waals surface area contributed by atoms with E-state index in [4.69, 9.17) is 0 Å². The van der Waals surface area contributed by atoms with Gasteiger partial charge in [0, 0.05) is 30.4 Å². The predicted molar refractivity (Wildman–Crippen MR) is 73.0 cm³/mol. The molecule has 2 aromatic rings. The molecule has 96 valence electrons. The molecular weight excluding hydrogens is 236 g/mol. The van der Waals surface area contributed by atoms with Crippen LogP contribution >= 0.6 is 0 Å². The summed E-state index contributed by atoms with van der Waals surface area (Å²) in [5, 5.41) is 0. The molecule has 2 aliphatic rings. The van der Waals surface area contributed by atoms with Gasteiger partial charge >= 0.3 is 0 Å². The van der Waals surface area contributed by atoms with Gasteiger partial charge in [-0.15, -0.1) is 0 Å². The highest BCUT2D eigenvalue weighted by Gasteiger charge is 2.41. The standard InChI is InChI=1S/C15H16N4/c1-10-4-5-17-15(6-10)19-11-2-3-14(19)12-8-16-9-18-13(12)7-11/h4-6,8-9,11,14H,2-3,7H2,1H3. The monoisotopic (exact) mass is 252 g/mol. The lowest BCUT2D eigenvalue weighted by Crippen LogP contribution is -2.38. The first-order valence-corrected chi connectivity index (χ1v) is 6.83. The molecule has 2 bridgehead atoms. The van der Waals surface area contributed by atoms with Gasteiger partial charge in [-0.2, -0.15) is 0 Å². The summed E-state index contributed by atoms with van der Waals surface area (Å²) in [5.74, 6) is 1.10. The minimum atomic E-state index is 0.407. The topological polar surface area (TPSA) is 41.9 Å². The molecule has 0 aromatic carbocycles. The lowest BCUT2D eigenvalue weighted by molar-refractivity contribution is 0.577. The van der Waals surface area contributed by atoms with Crippen LogP contribution < -0.4 is 4.90 Å². The van der Waals surface area contributed by atoms with Crippen LogP contribution in [0.5, 0.6) is 0 Å². The van der Waals surface area contributed by atoms with Crippen LogP contribution in [-0.2, 0) is 6.42 Å². The van der Waals surface area contributed by atoms with E-state index in [9.17, 15) is 0 Å². The van der Waals surface area contributed by atoms with E-state index in [1.807, 2.05) is 18.5 Å². The molecule has 1 saturated heterocycles. The van der Waals surface area contributed by atoms with Crippen LogP contribution in [0.2, 0.25) is 0 Å². The van der Waals surface area contributed by atoms with Gasteiger partial charge in [0.2, 0.25) is 0 Å². The van der Waals surface area contributed by atoms with Crippen LogP contribution in [0, 0.1) is 6.92 Å². The van der Waals surface area contributed by atoms with Crippen LogP contribution in [-0.4, -0.2) is 21.0 Å². The van der Waals surface area contributed by atoms with E-state index in [1.54, 1.807) is 6.33 Å². The van der Waals surface area contributed by atoms with E-state index < -0.39 is 0 Å². The number of nitrogens with zero attached hydrogens (tertiary/aromatic N) is 4. The second-order valence-corrected chi connectivity index (χ2v) is 5.47. The highest BCUT2D eigenvalue weighted by Crippen LogP contribution is 2.44. The molecule has 0 spiro atoms. The molecule has 1 fully saturated rings. The maximum absolute atomic E-state index is 4.56. The minimum Gasteiger partial charge on any atom is -0.346 e. The third-order valence-corrected chi connectivity index (χ3v) is 4.28. The summed E-state index contributed by atoms with van der Waals surface area (Å²) in [7, 11) is 0. The third-order valence-electron chi connectivity index (χ3n) is 4.28. The van der Waals surface area contributed by atoms with Gasteiger partial charge in [-0.3, -0.25) is 0 Å². The zero-order valence-electron chi connectivity index (χ0n) is 11.0. The molecule has 0 saturated carbocycles. The predicted octanol–water partition coefficient (Wildman–Crippen LogP) is 2.45. The lowest BCUT2D eigenvalue weighted by Gasteiger charge is -2.36. The number of aryl methyl sites for hydroxylation is 1. The minimum absolute atomic E-state index is 0.407. The Kier molecular flexibility index (Phi) is 2.31. The smallest absolute Gasteiger partial charge is 0.129 e. The number of pyridine rings is 1. The summed E-state index contributed by atoms with van der Waals surface area (Å²) in [5.41, 5.74) is 3.78. The SMILES string of the molecule is Cc1ccnc(N2C3CCC2c2cncnc2C3)c1. The van der Waals surface area contributed by atoms with Crippen LogP contribution in [0.25, 0.3) is 0 Å². The Morgan fingerprint density at radius 2 is 2.21 bits per heavy atom. The molecule has 4 nitrogen and oxygen atoms in total. The maximum atomic E-state index is 4.56. The zero-order valence-corrected chi connectivity index (χ0v) is 11.0. The Balaban J connectivity index is 1.80. The third kappa shape index (κ3) is 1.63. The number of rotatable bonds is 1. The lowest BCUT2D eigenvalue weighted by atomic mass is 9.99. The van der Waals surface area contributed by atoms with Crippen molar-refractivity contribution in [3.63, 3.8) is 0 Å². The summed E-state index contributed by atoms with van der Waals surface area (Å²) in [6.45, 7) is 2.12. The second-order valence-electron chi connectivity index (χ2n) is 5.47. The fourth-order valence-corrected chi connectivity index (χ4v) is 3.43. The summed E-state index contributed by atoms with van der Waals surface area (Å²) in [6.07, 6.45) is 8.97. The van der Waals surface area contributed by atoms with Crippen molar-refractivity contribution in [2.24, 2.45) is 0 Å². The number of aromatic nitrogens is 3. The Hall–Kier alpha value is -1.97. The normalized spacial score (nSPS) is 24.4. The van der Waals surface area contributed by atoms with E-state index in [2.05, 4.69) is 32.8 Å². The largest absolute Gasteiger partial charge is 0.346 e. The number of anilines is 1. The fraction of sp³-hybridized carbons (Fsp3) is 0.400. The highest BCUT2D eigenvalue weighted by atomic mass is 15.3. The summed E-state index contributed by atoms with van der Waals surface area (Å²) in [4.78, 5) is 15.7. The van der Waals surface area contributed by atoms with Gasteiger partial charge in [0.15, 0.2) is 0 Å². The van der Waals surface area contributed by atoms with Crippen molar-refractivity contribution in [3.8, 4) is 0 Å². The van der Waals surface area contributed by atoms with Gasteiger partial charge < -0.3 is 4.90 Å². The van der Waals surface area contributed by atoms with Crippen LogP contribution in [0.1, 0.15) is 35.7 Å². The summed E-state index contributed by atoms with van der Waals surface area (Å²) in [6, 6.07) is 5.18. The van der Waals surface area contributed by atoms with Gasteiger partial charge in [0.1, 0.15) is 12.1 Å². The van der Waals surface area contributed by atoms with E-state index in [0.29, 0.717) is 12.1 Å². The van der Waals surface area contributed by atoms with Crippen molar-refractivity contribution in [3.05, 3.63) is 47.7 Å². The van der Waals surface area contributed by atoms with Gasteiger partial charge in [-0.05, 0) is 37.5 Å². The molecule has 2 aliphatic heterocycles.